The van der Waals surface area contributed by atoms with Crippen LogP contribution < -0.4 is 0 Å². The first-order valence-corrected chi connectivity index (χ1v) is 9.63. The normalized spacial score (nSPS) is 25.0. The van der Waals surface area contributed by atoms with Crippen molar-refractivity contribution in [2.45, 2.75) is 72.6 Å². The molecule has 1 aliphatic rings. The zero-order valence-corrected chi connectivity index (χ0v) is 15.9. The molecule has 136 valence electrons. The zero-order valence-electron chi connectivity index (χ0n) is 15.9. The molecule has 4 unspecified atom stereocenters. The fourth-order valence-electron chi connectivity index (χ4n) is 3.61. The molecule has 1 rings (SSSR count). The highest BCUT2D eigenvalue weighted by molar-refractivity contribution is 5.87. The minimum absolute atomic E-state index is 0.0484. The van der Waals surface area contributed by atoms with Gasteiger partial charge in [-0.25, -0.2) is 0 Å². The van der Waals surface area contributed by atoms with E-state index in [2.05, 4.69) is 26.8 Å². The third-order valence-corrected chi connectivity index (χ3v) is 5.05. The van der Waals surface area contributed by atoms with E-state index < -0.39 is 5.92 Å². The number of unbranched alkanes of at least 4 members (excludes halogenated alkanes) is 1. The molecule has 0 amide bonds. The number of nitrogens with zero attached hydrogens (tertiary/aromatic N) is 2. The largest absolute Gasteiger partial charge is 0.465 e. The third kappa shape index (κ3) is 6.63. The highest BCUT2D eigenvalue weighted by Gasteiger charge is 2.34. The highest BCUT2D eigenvalue weighted by Crippen LogP contribution is 2.33. The summed E-state index contributed by atoms with van der Waals surface area (Å²) in [6.07, 6.45) is 7.58. The van der Waals surface area contributed by atoms with Gasteiger partial charge in [-0.3, -0.25) is 9.79 Å². The fourth-order valence-corrected chi connectivity index (χ4v) is 3.61. The summed E-state index contributed by atoms with van der Waals surface area (Å²) in [6, 6.07) is 2.17. The molecule has 0 saturated heterocycles. The number of hydrogen-bond donors (Lipinski definition) is 0. The predicted molar refractivity (Wildman–Crippen MR) is 97.8 cm³/mol. The zero-order chi connectivity index (χ0) is 17.9. The molecule has 0 N–H and O–H groups in total. The van der Waals surface area contributed by atoms with E-state index in [4.69, 9.17) is 9.73 Å². The van der Waals surface area contributed by atoms with Gasteiger partial charge in [-0.1, -0.05) is 40.0 Å². The number of carbonyl (C=O) groups is 1. The quantitative estimate of drug-likeness (QED) is 0.570. The molecule has 4 heteroatoms. The smallest absolute Gasteiger partial charge is 0.323 e. The lowest BCUT2D eigenvalue weighted by molar-refractivity contribution is -0.147. The second-order valence-electron chi connectivity index (χ2n) is 7.19. The Balaban J connectivity index is 2.71. The molecule has 0 bridgehead atoms. The van der Waals surface area contributed by atoms with Crippen LogP contribution in [-0.2, 0) is 9.53 Å². The van der Waals surface area contributed by atoms with Crippen molar-refractivity contribution >= 4 is 11.7 Å². The van der Waals surface area contributed by atoms with Gasteiger partial charge >= 0.3 is 5.97 Å². The maximum atomic E-state index is 12.0. The standard InChI is InChI=1S/C20H34N2O2/c1-5-8-9-16(6-2)14-22-18-11-15(4)10-17(12-18)19(13-21)20(23)24-7-3/h15-17,19H,5-12,14H2,1-4H3. The van der Waals surface area contributed by atoms with Gasteiger partial charge in [0.25, 0.3) is 0 Å². The minimum atomic E-state index is -0.653. The number of ether oxygens (including phenoxy) is 1. The Morgan fingerprint density at radius 1 is 1.38 bits per heavy atom. The van der Waals surface area contributed by atoms with Crippen LogP contribution in [0.3, 0.4) is 0 Å². The van der Waals surface area contributed by atoms with Crippen LogP contribution in [0.1, 0.15) is 72.6 Å². The van der Waals surface area contributed by atoms with Gasteiger partial charge in [-0.15, -0.1) is 0 Å². The van der Waals surface area contributed by atoms with Gasteiger partial charge in [0.2, 0.25) is 0 Å². The molecule has 0 aromatic carbocycles. The molecule has 0 spiro atoms. The SMILES string of the molecule is CCCCC(CC)CN=C1CC(C)CC(C(C#N)C(=O)OCC)C1. The number of aliphatic imine (C=N–C) groups is 1. The maximum Gasteiger partial charge on any atom is 0.323 e. The van der Waals surface area contributed by atoms with Crippen molar-refractivity contribution in [3.8, 4) is 6.07 Å². The molecule has 4 nitrogen and oxygen atoms in total. The molecule has 1 saturated carbocycles. The summed E-state index contributed by atoms with van der Waals surface area (Å²) >= 11 is 0. The number of esters is 1. The van der Waals surface area contributed by atoms with Crippen molar-refractivity contribution in [1.29, 1.82) is 5.26 Å². The second-order valence-corrected chi connectivity index (χ2v) is 7.19. The van der Waals surface area contributed by atoms with E-state index in [1.54, 1.807) is 6.92 Å². The minimum Gasteiger partial charge on any atom is -0.465 e. The molecule has 0 radical (unpaired) electrons. The van der Waals surface area contributed by atoms with Gasteiger partial charge < -0.3 is 4.74 Å². The van der Waals surface area contributed by atoms with Crippen molar-refractivity contribution < 1.29 is 9.53 Å². The number of nitriles is 1. The monoisotopic (exact) mass is 334 g/mol. The summed E-state index contributed by atoms with van der Waals surface area (Å²) in [5.74, 6) is 0.161. The lowest BCUT2D eigenvalue weighted by atomic mass is 9.75. The topological polar surface area (TPSA) is 62.5 Å². The van der Waals surface area contributed by atoms with Crippen LogP contribution in [-0.4, -0.2) is 24.8 Å². The molecule has 0 aliphatic heterocycles. The molecule has 4 atom stereocenters. The summed E-state index contributed by atoms with van der Waals surface area (Å²) in [4.78, 5) is 16.9. The van der Waals surface area contributed by atoms with Crippen molar-refractivity contribution in [1.82, 2.24) is 0 Å². The average molecular weight is 335 g/mol. The summed E-state index contributed by atoms with van der Waals surface area (Å²) in [5.41, 5.74) is 1.19. The van der Waals surface area contributed by atoms with Gasteiger partial charge in [0.05, 0.1) is 12.7 Å². The molecule has 0 aromatic heterocycles. The molecular weight excluding hydrogens is 300 g/mol. The van der Waals surface area contributed by atoms with E-state index in [-0.39, 0.29) is 11.9 Å². The van der Waals surface area contributed by atoms with Gasteiger partial charge in [-0.05, 0) is 50.4 Å². The Morgan fingerprint density at radius 3 is 2.71 bits per heavy atom. The molecule has 1 fully saturated rings. The first kappa shape index (κ1) is 20.7. The summed E-state index contributed by atoms with van der Waals surface area (Å²) < 4.78 is 5.08. The van der Waals surface area contributed by atoms with E-state index in [1.807, 2.05) is 0 Å². The van der Waals surface area contributed by atoms with Crippen LogP contribution in [0.5, 0.6) is 0 Å². The van der Waals surface area contributed by atoms with Crippen LogP contribution in [0, 0.1) is 35.0 Å². The lowest BCUT2D eigenvalue weighted by Gasteiger charge is -2.30. The summed E-state index contributed by atoms with van der Waals surface area (Å²) in [7, 11) is 0. The molecule has 0 heterocycles. The van der Waals surface area contributed by atoms with Crippen LogP contribution in [0.15, 0.2) is 4.99 Å². The van der Waals surface area contributed by atoms with Crippen molar-refractivity contribution in [3.63, 3.8) is 0 Å². The third-order valence-electron chi connectivity index (χ3n) is 5.05. The Kier molecular flexibility index (Phi) is 9.67. The number of hydrogen-bond acceptors (Lipinski definition) is 4. The highest BCUT2D eigenvalue weighted by atomic mass is 16.5. The average Bonchev–Trinajstić information content (AvgIpc) is 2.55. The first-order chi connectivity index (χ1) is 11.5. The summed E-state index contributed by atoms with van der Waals surface area (Å²) in [6.45, 7) is 9.65. The Labute approximate surface area is 147 Å². The van der Waals surface area contributed by atoms with Gasteiger partial charge in [0.1, 0.15) is 5.92 Å². The van der Waals surface area contributed by atoms with E-state index in [1.165, 1.54) is 31.4 Å². The first-order valence-electron chi connectivity index (χ1n) is 9.63. The van der Waals surface area contributed by atoms with Gasteiger partial charge in [0.15, 0.2) is 0 Å². The maximum absolute atomic E-state index is 12.0. The van der Waals surface area contributed by atoms with Crippen LogP contribution in [0.2, 0.25) is 0 Å². The van der Waals surface area contributed by atoms with E-state index >= 15 is 0 Å². The number of rotatable bonds is 9. The Morgan fingerprint density at radius 2 is 2.12 bits per heavy atom. The molecule has 1 aliphatic carbocycles. The van der Waals surface area contributed by atoms with Crippen LogP contribution in [0.25, 0.3) is 0 Å². The second kappa shape index (κ2) is 11.2. The molecule has 24 heavy (non-hydrogen) atoms. The van der Waals surface area contributed by atoms with Crippen molar-refractivity contribution in [2.75, 3.05) is 13.2 Å². The van der Waals surface area contributed by atoms with Crippen LogP contribution >= 0.6 is 0 Å². The van der Waals surface area contributed by atoms with Gasteiger partial charge in [-0.2, -0.15) is 5.26 Å². The van der Waals surface area contributed by atoms with Crippen molar-refractivity contribution in [2.24, 2.45) is 28.7 Å². The van der Waals surface area contributed by atoms with Gasteiger partial charge in [0, 0.05) is 12.3 Å². The van der Waals surface area contributed by atoms with E-state index in [0.717, 1.165) is 25.8 Å². The van der Waals surface area contributed by atoms with E-state index in [9.17, 15) is 10.1 Å². The predicted octanol–water partition coefficient (Wildman–Crippen LogP) is 4.78. The van der Waals surface area contributed by atoms with E-state index in [0.29, 0.717) is 18.4 Å². The number of carbonyl (C=O) groups excluding carboxylic acids is 1. The Hall–Kier alpha value is -1.37. The van der Waals surface area contributed by atoms with Crippen LogP contribution in [0.4, 0.5) is 0 Å². The molecule has 0 aromatic rings. The summed E-state index contributed by atoms with van der Waals surface area (Å²) in [5, 5.41) is 9.41. The Bertz CT molecular complexity index is 453. The fraction of sp³-hybridized carbons (Fsp3) is 0.850. The van der Waals surface area contributed by atoms with Crippen molar-refractivity contribution in [3.05, 3.63) is 0 Å². The lowest BCUT2D eigenvalue weighted by Crippen LogP contribution is -2.32. The molecular formula is C20H34N2O2.